The number of aryl methyl sites for hydroxylation is 1. The summed E-state index contributed by atoms with van der Waals surface area (Å²) in [6, 6.07) is 9.94. The van der Waals surface area contributed by atoms with E-state index in [1.807, 2.05) is 20.8 Å². The summed E-state index contributed by atoms with van der Waals surface area (Å²) < 4.78 is 36.0. The van der Waals surface area contributed by atoms with Crippen LogP contribution in [0.5, 0.6) is 5.75 Å². The molecule has 0 unspecified atom stereocenters. The first-order valence-electron chi connectivity index (χ1n) is 10.7. The Bertz CT molecular complexity index is 1110. The SMILES string of the molecule is CCC[C@@H](Oc1ccc(Cl)cc1C#Cc1cc(S(=O)(=O)CCC)ccc1C)C(=O)OCC. The zero-order chi connectivity index (χ0) is 23.7. The Labute approximate surface area is 196 Å². The van der Waals surface area contributed by atoms with Gasteiger partial charge in [-0.2, -0.15) is 0 Å². The predicted octanol–water partition coefficient (Wildman–Crippen LogP) is 5.34. The molecular weight excluding hydrogens is 448 g/mol. The van der Waals surface area contributed by atoms with Gasteiger partial charge in [0.2, 0.25) is 0 Å². The average molecular weight is 477 g/mol. The van der Waals surface area contributed by atoms with Gasteiger partial charge in [-0.1, -0.05) is 49.8 Å². The summed E-state index contributed by atoms with van der Waals surface area (Å²) in [6.07, 6.45) is 1.05. The molecule has 0 saturated heterocycles. The van der Waals surface area contributed by atoms with Gasteiger partial charge < -0.3 is 9.47 Å². The Morgan fingerprint density at radius 1 is 1.03 bits per heavy atom. The standard InChI is InChI=1S/C25H29ClO5S/c1-5-8-24(25(27)30-7-3)31-23-14-12-21(26)16-20(23)11-10-19-17-22(13-9-18(19)4)32(28,29)15-6-2/h9,12-14,16-17,24H,5-8,15H2,1-4H3/t24-/m1/s1. The molecule has 7 heteroatoms. The van der Waals surface area contributed by atoms with Gasteiger partial charge in [-0.15, -0.1) is 0 Å². The lowest BCUT2D eigenvalue weighted by molar-refractivity contribution is -0.151. The molecule has 0 aliphatic heterocycles. The molecule has 0 fully saturated rings. The molecule has 1 atom stereocenters. The number of carbonyl (C=O) groups is 1. The van der Waals surface area contributed by atoms with Gasteiger partial charge in [0.1, 0.15) is 5.75 Å². The lowest BCUT2D eigenvalue weighted by Crippen LogP contribution is -2.29. The minimum absolute atomic E-state index is 0.0852. The topological polar surface area (TPSA) is 69.7 Å². The molecule has 0 saturated carbocycles. The predicted molar refractivity (Wildman–Crippen MR) is 127 cm³/mol. The van der Waals surface area contributed by atoms with E-state index in [2.05, 4.69) is 11.8 Å². The molecule has 2 rings (SSSR count). The van der Waals surface area contributed by atoms with Crippen LogP contribution in [-0.2, 0) is 19.4 Å². The molecule has 0 N–H and O–H groups in total. The molecule has 2 aromatic rings. The maximum absolute atomic E-state index is 12.4. The zero-order valence-corrected chi connectivity index (χ0v) is 20.5. The second kappa shape index (κ2) is 11.9. The molecule has 2 aromatic carbocycles. The first kappa shape index (κ1) is 25.8. The molecule has 172 valence electrons. The monoisotopic (exact) mass is 476 g/mol. The van der Waals surface area contributed by atoms with Crippen LogP contribution in [0, 0.1) is 18.8 Å². The number of hydrogen-bond acceptors (Lipinski definition) is 5. The largest absolute Gasteiger partial charge is 0.477 e. The van der Waals surface area contributed by atoms with Crippen molar-refractivity contribution in [2.75, 3.05) is 12.4 Å². The van der Waals surface area contributed by atoms with Crippen molar-refractivity contribution in [1.82, 2.24) is 0 Å². The van der Waals surface area contributed by atoms with Gasteiger partial charge in [0, 0.05) is 10.6 Å². The van der Waals surface area contributed by atoms with Crippen LogP contribution >= 0.6 is 11.6 Å². The third-order valence-corrected chi connectivity index (χ3v) is 6.84. The Morgan fingerprint density at radius 3 is 2.41 bits per heavy atom. The molecule has 0 aromatic heterocycles. The van der Waals surface area contributed by atoms with Crippen LogP contribution in [0.25, 0.3) is 0 Å². The van der Waals surface area contributed by atoms with Crippen LogP contribution in [0.1, 0.15) is 56.7 Å². The minimum atomic E-state index is -3.35. The number of benzene rings is 2. The number of ether oxygens (including phenoxy) is 2. The highest BCUT2D eigenvalue weighted by atomic mass is 35.5. The number of hydrogen-bond donors (Lipinski definition) is 0. The fourth-order valence-electron chi connectivity index (χ4n) is 3.03. The first-order chi connectivity index (χ1) is 15.2. The summed E-state index contributed by atoms with van der Waals surface area (Å²) in [6.45, 7) is 7.67. The van der Waals surface area contributed by atoms with Crippen molar-refractivity contribution < 1.29 is 22.7 Å². The van der Waals surface area contributed by atoms with E-state index in [9.17, 15) is 13.2 Å². The fourth-order valence-corrected chi connectivity index (χ4v) is 4.55. The van der Waals surface area contributed by atoms with Crippen molar-refractivity contribution in [3.05, 3.63) is 58.1 Å². The van der Waals surface area contributed by atoms with Crippen molar-refractivity contribution >= 4 is 27.4 Å². The number of carbonyl (C=O) groups excluding carboxylic acids is 1. The lowest BCUT2D eigenvalue weighted by Gasteiger charge is -2.18. The molecule has 0 heterocycles. The second-order valence-electron chi connectivity index (χ2n) is 7.33. The summed E-state index contributed by atoms with van der Waals surface area (Å²) in [5.74, 6) is 6.16. The van der Waals surface area contributed by atoms with Crippen molar-refractivity contribution in [2.45, 2.75) is 58.0 Å². The van der Waals surface area contributed by atoms with Crippen LogP contribution in [0.3, 0.4) is 0 Å². The van der Waals surface area contributed by atoms with Crippen molar-refractivity contribution in [3.63, 3.8) is 0 Å². The molecule has 0 aliphatic carbocycles. The summed E-state index contributed by atoms with van der Waals surface area (Å²) in [4.78, 5) is 12.5. The number of sulfone groups is 1. The third kappa shape index (κ3) is 7.01. The molecule has 0 aliphatic rings. The third-order valence-electron chi connectivity index (χ3n) is 4.68. The summed E-state index contributed by atoms with van der Waals surface area (Å²) in [5, 5.41) is 0.473. The zero-order valence-electron chi connectivity index (χ0n) is 18.9. The van der Waals surface area contributed by atoms with E-state index in [-0.39, 0.29) is 17.3 Å². The van der Waals surface area contributed by atoms with Crippen LogP contribution in [-0.4, -0.2) is 32.9 Å². The van der Waals surface area contributed by atoms with Crippen LogP contribution in [0.2, 0.25) is 5.02 Å². The Kier molecular flexibility index (Phi) is 9.61. The van der Waals surface area contributed by atoms with E-state index in [0.717, 1.165) is 12.0 Å². The van der Waals surface area contributed by atoms with E-state index in [1.165, 1.54) is 0 Å². The van der Waals surface area contributed by atoms with Gasteiger partial charge in [0.05, 0.1) is 22.8 Å². The smallest absolute Gasteiger partial charge is 0.347 e. The Balaban J connectivity index is 2.43. The van der Waals surface area contributed by atoms with E-state index in [4.69, 9.17) is 21.1 Å². The number of esters is 1. The summed E-state index contributed by atoms with van der Waals surface area (Å²) >= 11 is 6.17. The fraction of sp³-hybridized carbons (Fsp3) is 0.400. The van der Waals surface area contributed by atoms with Crippen LogP contribution in [0.15, 0.2) is 41.3 Å². The highest BCUT2D eigenvalue weighted by Crippen LogP contribution is 2.25. The molecule has 0 spiro atoms. The number of halogens is 1. The van der Waals surface area contributed by atoms with E-state index in [1.54, 1.807) is 43.3 Å². The average Bonchev–Trinajstić information content (AvgIpc) is 2.74. The molecule has 32 heavy (non-hydrogen) atoms. The van der Waals surface area contributed by atoms with E-state index >= 15 is 0 Å². The molecule has 0 radical (unpaired) electrons. The Morgan fingerprint density at radius 2 is 1.75 bits per heavy atom. The van der Waals surface area contributed by atoms with Crippen LogP contribution < -0.4 is 4.74 Å². The first-order valence-corrected chi connectivity index (χ1v) is 12.7. The number of rotatable bonds is 9. The summed E-state index contributed by atoms with van der Waals surface area (Å²) in [5.41, 5.74) is 1.96. The van der Waals surface area contributed by atoms with Gasteiger partial charge in [-0.25, -0.2) is 13.2 Å². The molecule has 5 nitrogen and oxygen atoms in total. The molecular formula is C25H29ClO5S. The van der Waals surface area contributed by atoms with E-state index < -0.39 is 21.9 Å². The van der Waals surface area contributed by atoms with E-state index in [0.29, 0.717) is 34.7 Å². The van der Waals surface area contributed by atoms with Gasteiger partial charge in [-0.3, -0.25) is 0 Å². The molecule has 0 amide bonds. The van der Waals surface area contributed by atoms with Crippen molar-refractivity contribution in [1.29, 1.82) is 0 Å². The minimum Gasteiger partial charge on any atom is -0.477 e. The highest BCUT2D eigenvalue weighted by Gasteiger charge is 2.22. The quantitative estimate of drug-likeness (QED) is 0.360. The summed E-state index contributed by atoms with van der Waals surface area (Å²) in [7, 11) is -3.35. The van der Waals surface area contributed by atoms with Crippen molar-refractivity contribution in [2.24, 2.45) is 0 Å². The molecule has 0 bridgehead atoms. The van der Waals surface area contributed by atoms with Gasteiger partial charge >= 0.3 is 5.97 Å². The van der Waals surface area contributed by atoms with Gasteiger partial charge in [0.15, 0.2) is 15.9 Å². The second-order valence-corrected chi connectivity index (χ2v) is 9.88. The lowest BCUT2D eigenvalue weighted by atomic mass is 10.1. The Hall–Kier alpha value is -2.49. The van der Waals surface area contributed by atoms with Gasteiger partial charge in [0.25, 0.3) is 0 Å². The normalized spacial score (nSPS) is 11.9. The van der Waals surface area contributed by atoms with Crippen LogP contribution in [0.4, 0.5) is 0 Å². The maximum Gasteiger partial charge on any atom is 0.347 e. The van der Waals surface area contributed by atoms with Crippen molar-refractivity contribution in [3.8, 4) is 17.6 Å². The maximum atomic E-state index is 12.4. The van der Waals surface area contributed by atoms with Gasteiger partial charge in [-0.05, 0) is 62.6 Å². The highest BCUT2D eigenvalue weighted by molar-refractivity contribution is 7.91.